The van der Waals surface area contributed by atoms with Crippen LogP contribution >= 0.6 is 20.2 Å². The summed E-state index contributed by atoms with van der Waals surface area (Å²) in [6.45, 7) is 4.49. The summed E-state index contributed by atoms with van der Waals surface area (Å²) in [5, 5.41) is 1.51. The second-order valence-electron chi connectivity index (χ2n) is 4.34. The summed E-state index contributed by atoms with van der Waals surface area (Å²) in [5.74, 6) is 0.822. The molecule has 2 nitrogen and oxygen atoms in total. The van der Waals surface area contributed by atoms with E-state index in [1.807, 2.05) is 50.2 Å². The van der Waals surface area contributed by atoms with Gasteiger partial charge in [0.15, 0.2) is 5.52 Å². The van der Waals surface area contributed by atoms with E-state index in [2.05, 4.69) is 0 Å². The molecule has 1 atom stereocenters. The van der Waals surface area contributed by atoms with Crippen molar-refractivity contribution in [1.82, 2.24) is 0 Å². The van der Waals surface area contributed by atoms with Crippen LogP contribution in [0.3, 0.4) is 0 Å². The Morgan fingerprint density at radius 3 is 2.48 bits per heavy atom. The first kappa shape index (κ1) is 18.3. The van der Waals surface area contributed by atoms with Gasteiger partial charge in [-0.25, -0.2) is 0 Å². The number of hydrogen-bond donors (Lipinski definition) is 0. The first-order valence-corrected chi connectivity index (χ1v) is 7.79. The van der Waals surface area contributed by atoms with Crippen molar-refractivity contribution in [2.75, 3.05) is 6.61 Å². The van der Waals surface area contributed by atoms with E-state index in [-0.39, 0.29) is 34.4 Å². The first-order valence-electron chi connectivity index (χ1n) is 6.41. The van der Waals surface area contributed by atoms with E-state index in [0.717, 1.165) is 16.6 Å². The second kappa shape index (κ2) is 8.62. The maximum Gasteiger partial charge on any atom is 1.00 e. The maximum atomic E-state index is 12.4. The Morgan fingerprint density at radius 1 is 1.24 bits per heavy atom. The minimum Gasteiger partial charge on any atom is -1.00 e. The van der Waals surface area contributed by atoms with Crippen LogP contribution in [0.5, 0.6) is 5.75 Å². The molecule has 0 aliphatic heterocycles. The molecule has 5 heteroatoms. The van der Waals surface area contributed by atoms with Gasteiger partial charge in [0.1, 0.15) is 5.75 Å². The average Bonchev–Trinajstić information content (AvgIpc) is 2.41. The van der Waals surface area contributed by atoms with Gasteiger partial charge in [-0.3, -0.25) is 4.79 Å². The van der Waals surface area contributed by atoms with Gasteiger partial charge >= 0.3 is 18.9 Å². The number of rotatable bonds is 5. The van der Waals surface area contributed by atoms with Crippen molar-refractivity contribution in [3.63, 3.8) is 0 Å². The van der Waals surface area contributed by atoms with Gasteiger partial charge in [0, 0.05) is 5.56 Å². The van der Waals surface area contributed by atoms with Crippen molar-refractivity contribution >= 4 is 31.0 Å². The SMILES string of the molecule is CCOc1ccc(PC(=O)c2c(C)cccc2Cl)cc1.[H-].[Li+]. The normalized spacial score (nSPS) is 10.4. The van der Waals surface area contributed by atoms with Crippen LogP contribution in [0.1, 0.15) is 24.3 Å². The molecule has 0 heterocycles. The Morgan fingerprint density at radius 2 is 1.90 bits per heavy atom. The molecule has 0 spiro atoms. The molecule has 0 aliphatic rings. The zero-order valence-electron chi connectivity index (χ0n) is 13.4. The molecule has 0 radical (unpaired) electrons. The predicted molar refractivity (Wildman–Crippen MR) is 87.2 cm³/mol. The van der Waals surface area contributed by atoms with Crippen LogP contribution in [0.4, 0.5) is 0 Å². The Labute approximate surface area is 145 Å². The number of halogens is 1. The molecule has 0 N–H and O–H groups in total. The van der Waals surface area contributed by atoms with E-state index in [1.165, 1.54) is 0 Å². The molecule has 21 heavy (non-hydrogen) atoms. The molecule has 0 bridgehead atoms. The molecule has 1 unspecified atom stereocenters. The second-order valence-corrected chi connectivity index (χ2v) is 6.03. The Bertz CT molecular complexity index is 600. The van der Waals surface area contributed by atoms with Gasteiger partial charge in [-0.15, -0.1) is 0 Å². The Kier molecular flexibility index (Phi) is 7.50. The number of ether oxygens (including phenoxy) is 1. The monoisotopic (exact) mass is 314 g/mol. The molecule has 0 aromatic heterocycles. The summed E-state index contributed by atoms with van der Waals surface area (Å²) < 4.78 is 5.39. The van der Waals surface area contributed by atoms with Crippen LogP contribution in [0.2, 0.25) is 5.02 Å². The van der Waals surface area contributed by atoms with Crippen LogP contribution in [-0.4, -0.2) is 12.1 Å². The maximum absolute atomic E-state index is 12.4. The van der Waals surface area contributed by atoms with Crippen molar-refractivity contribution in [3.8, 4) is 5.75 Å². The summed E-state index contributed by atoms with van der Waals surface area (Å²) in [5.41, 5.74) is 1.61. The van der Waals surface area contributed by atoms with E-state index in [4.69, 9.17) is 16.3 Å². The number of carbonyl (C=O) groups excluding carboxylic acids is 1. The molecular formula is C16H17ClLiO2P. The number of hydrogen-bond acceptors (Lipinski definition) is 2. The fourth-order valence-corrected chi connectivity index (χ4v) is 3.35. The molecule has 106 valence electrons. The topological polar surface area (TPSA) is 26.3 Å². The molecule has 2 aromatic rings. The zero-order chi connectivity index (χ0) is 14.5. The fourth-order valence-electron chi connectivity index (χ4n) is 1.91. The summed E-state index contributed by atoms with van der Waals surface area (Å²) in [6.07, 6.45) is 0. The quantitative estimate of drug-likeness (QED) is 0.614. The zero-order valence-corrected chi connectivity index (χ0v) is 14.2. The third-order valence-electron chi connectivity index (χ3n) is 2.87. The van der Waals surface area contributed by atoms with Crippen molar-refractivity contribution in [2.24, 2.45) is 0 Å². The Balaban J connectivity index is 0.00000220. The van der Waals surface area contributed by atoms with E-state index in [1.54, 1.807) is 6.07 Å². The molecule has 0 saturated heterocycles. The Hall–Kier alpha value is -0.773. The van der Waals surface area contributed by atoms with Crippen LogP contribution < -0.4 is 28.9 Å². The van der Waals surface area contributed by atoms with E-state index in [9.17, 15) is 4.79 Å². The minimum absolute atomic E-state index is 0. The van der Waals surface area contributed by atoms with Gasteiger partial charge < -0.3 is 6.16 Å². The van der Waals surface area contributed by atoms with Crippen molar-refractivity contribution < 1.29 is 29.8 Å². The third-order valence-corrected chi connectivity index (χ3v) is 4.29. The third kappa shape index (κ3) is 4.87. The van der Waals surface area contributed by atoms with Crippen molar-refractivity contribution in [3.05, 3.63) is 58.6 Å². The van der Waals surface area contributed by atoms with E-state index >= 15 is 0 Å². The molecular weight excluding hydrogens is 298 g/mol. The molecule has 0 fully saturated rings. The van der Waals surface area contributed by atoms with Gasteiger partial charge in [0.05, 0.1) is 11.6 Å². The largest absolute Gasteiger partial charge is 1.00 e. The van der Waals surface area contributed by atoms with Crippen molar-refractivity contribution in [2.45, 2.75) is 13.8 Å². The molecule has 0 aliphatic carbocycles. The first-order chi connectivity index (χ1) is 9.61. The summed E-state index contributed by atoms with van der Waals surface area (Å²) in [7, 11) is 0.0680. The van der Waals surface area contributed by atoms with Crippen LogP contribution in [0, 0.1) is 6.92 Å². The number of carbonyl (C=O) groups is 1. The van der Waals surface area contributed by atoms with E-state index < -0.39 is 0 Å². The fraction of sp³-hybridized carbons (Fsp3) is 0.188. The standard InChI is InChI=1S/C16H16ClO2P.Li.H/c1-3-19-12-7-9-13(10-8-12)20-16(18)15-11(2)5-4-6-14(15)17;;/h4-10,20H,3H2,1-2H3;;/q;+1;-1. The minimum atomic E-state index is 0. The molecule has 0 amide bonds. The number of benzene rings is 2. The molecule has 2 rings (SSSR count). The van der Waals surface area contributed by atoms with Crippen LogP contribution in [0.25, 0.3) is 0 Å². The molecule has 0 saturated carbocycles. The van der Waals surface area contributed by atoms with Gasteiger partial charge in [0.25, 0.3) is 0 Å². The smallest absolute Gasteiger partial charge is 1.00 e. The van der Waals surface area contributed by atoms with Gasteiger partial charge in [-0.2, -0.15) is 0 Å². The van der Waals surface area contributed by atoms with Gasteiger partial charge in [0.2, 0.25) is 0 Å². The molecule has 2 aromatic carbocycles. The van der Waals surface area contributed by atoms with E-state index in [0.29, 0.717) is 17.2 Å². The van der Waals surface area contributed by atoms with Gasteiger partial charge in [-0.1, -0.05) is 35.9 Å². The van der Waals surface area contributed by atoms with Gasteiger partial charge in [-0.05, 0) is 51.5 Å². The summed E-state index contributed by atoms with van der Waals surface area (Å²) in [4.78, 5) is 12.4. The summed E-state index contributed by atoms with van der Waals surface area (Å²) >= 11 is 6.12. The predicted octanol–water partition coefficient (Wildman–Crippen LogP) is 1.31. The van der Waals surface area contributed by atoms with Crippen LogP contribution in [0.15, 0.2) is 42.5 Å². The average molecular weight is 315 g/mol. The summed E-state index contributed by atoms with van der Waals surface area (Å²) in [6, 6.07) is 13.1. The number of aryl methyl sites for hydroxylation is 1. The van der Waals surface area contributed by atoms with Crippen molar-refractivity contribution in [1.29, 1.82) is 0 Å². The van der Waals surface area contributed by atoms with Crippen LogP contribution in [-0.2, 0) is 0 Å².